The largest absolute Gasteiger partial charge is 0.396 e. The highest BCUT2D eigenvalue weighted by molar-refractivity contribution is 5.81. The molecule has 0 saturated carbocycles. The lowest BCUT2D eigenvalue weighted by atomic mass is 9.77. The Kier molecular flexibility index (Phi) is 4.11. The van der Waals surface area contributed by atoms with E-state index in [1.807, 2.05) is 4.90 Å². The van der Waals surface area contributed by atoms with Gasteiger partial charge in [0.15, 0.2) is 0 Å². The maximum absolute atomic E-state index is 11.6. The molecule has 3 N–H and O–H groups in total. The Bertz CT molecular complexity index is 215. The molecule has 0 aliphatic carbocycles. The third kappa shape index (κ3) is 2.69. The summed E-state index contributed by atoms with van der Waals surface area (Å²) in [4.78, 5) is 13.4. The summed E-state index contributed by atoms with van der Waals surface area (Å²) < 4.78 is 0. The van der Waals surface area contributed by atoms with Gasteiger partial charge in [0.1, 0.15) is 0 Å². The molecule has 0 bridgehead atoms. The van der Waals surface area contributed by atoms with Crippen LogP contribution < -0.4 is 5.73 Å². The molecule has 0 spiro atoms. The van der Waals surface area contributed by atoms with Crippen LogP contribution in [-0.2, 0) is 4.79 Å². The molecule has 1 amide bonds. The highest BCUT2D eigenvalue weighted by Crippen LogP contribution is 2.34. The number of rotatable bonds is 3. The van der Waals surface area contributed by atoms with E-state index in [0.29, 0.717) is 0 Å². The first-order valence-electron chi connectivity index (χ1n) is 5.70. The highest BCUT2D eigenvalue weighted by atomic mass is 16.3. The van der Waals surface area contributed by atoms with Crippen LogP contribution in [-0.4, -0.2) is 41.7 Å². The van der Waals surface area contributed by atoms with Crippen molar-refractivity contribution in [2.75, 3.05) is 19.7 Å². The predicted molar refractivity (Wildman–Crippen MR) is 59.3 cm³/mol. The molecule has 4 heteroatoms. The van der Waals surface area contributed by atoms with Gasteiger partial charge in [-0.05, 0) is 31.6 Å². The average Bonchev–Trinajstić information content (AvgIpc) is 2.28. The number of aliphatic hydroxyl groups excluding tert-OH is 1. The summed E-state index contributed by atoms with van der Waals surface area (Å²) in [6.45, 7) is 5.50. The summed E-state index contributed by atoms with van der Waals surface area (Å²) in [6, 6.07) is -0.409. The smallest absolute Gasteiger partial charge is 0.239 e. The summed E-state index contributed by atoms with van der Waals surface area (Å²) in [6.07, 6.45) is 2.75. The van der Waals surface area contributed by atoms with E-state index in [9.17, 15) is 9.90 Å². The molecule has 15 heavy (non-hydrogen) atoms. The second kappa shape index (κ2) is 4.94. The number of piperidine rings is 1. The van der Waals surface area contributed by atoms with Crippen molar-refractivity contribution in [3.63, 3.8) is 0 Å². The fourth-order valence-corrected chi connectivity index (χ4v) is 2.11. The molecule has 1 saturated heterocycles. The van der Waals surface area contributed by atoms with Crippen molar-refractivity contribution in [2.24, 2.45) is 11.1 Å². The van der Waals surface area contributed by atoms with E-state index >= 15 is 0 Å². The van der Waals surface area contributed by atoms with Crippen molar-refractivity contribution in [3.8, 4) is 0 Å². The van der Waals surface area contributed by atoms with Crippen LogP contribution in [0.2, 0.25) is 0 Å². The van der Waals surface area contributed by atoms with E-state index in [1.54, 1.807) is 6.92 Å². The molecule has 1 rings (SSSR count). The maximum Gasteiger partial charge on any atom is 0.239 e. The maximum atomic E-state index is 11.6. The molecule has 1 atom stereocenters. The quantitative estimate of drug-likeness (QED) is 0.712. The summed E-state index contributed by atoms with van der Waals surface area (Å²) in [7, 11) is 0. The second-order valence-corrected chi connectivity index (χ2v) is 4.63. The van der Waals surface area contributed by atoms with Gasteiger partial charge in [-0.2, -0.15) is 0 Å². The second-order valence-electron chi connectivity index (χ2n) is 4.63. The lowest BCUT2D eigenvalue weighted by Crippen LogP contribution is -2.49. The molecule has 1 fully saturated rings. The minimum Gasteiger partial charge on any atom is -0.396 e. The molecule has 0 aromatic heterocycles. The number of nitrogens with zero attached hydrogens (tertiary/aromatic N) is 1. The zero-order valence-electron chi connectivity index (χ0n) is 9.70. The molecule has 1 heterocycles. The van der Waals surface area contributed by atoms with Crippen molar-refractivity contribution >= 4 is 5.91 Å². The van der Waals surface area contributed by atoms with Crippen LogP contribution in [0.1, 0.15) is 33.1 Å². The van der Waals surface area contributed by atoms with Gasteiger partial charge in [0.25, 0.3) is 0 Å². The lowest BCUT2D eigenvalue weighted by molar-refractivity contribution is -0.135. The van der Waals surface area contributed by atoms with E-state index in [0.717, 1.165) is 32.4 Å². The fraction of sp³-hybridized carbons (Fsp3) is 0.909. The number of aliphatic hydroxyl groups is 1. The van der Waals surface area contributed by atoms with Gasteiger partial charge in [-0.15, -0.1) is 0 Å². The first-order valence-corrected chi connectivity index (χ1v) is 5.70. The highest BCUT2D eigenvalue weighted by Gasteiger charge is 2.34. The van der Waals surface area contributed by atoms with E-state index in [-0.39, 0.29) is 17.9 Å². The zero-order valence-corrected chi connectivity index (χ0v) is 9.70. The van der Waals surface area contributed by atoms with Gasteiger partial charge in [-0.25, -0.2) is 0 Å². The number of carbonyl (C=O) groups excluding carboxylic acids is 1. The number of amides is 1. The van der Waals surface area contributed by atoms with Gasteiger partial charge >= 0.3 is 0 Å². The Morgan fingerprint density at radius 1 is 1.53 bits per heavy atom. The molecule has 1 aliphatic heterocycles. The van der Waals surface area contributed by atoms with Crippen LogP contribution >= 0.6 is 0 Å². The van der Waals surface area contributed by atoms with Crippen molar-refractivity contribution in [1.82, 2.24) is 4.90 Å². The summed E-state index contributed by atoms with van der Waals surface area (Å²) >= 11 is 0. The van der Waals surface area contributed by atoms with Crippen LogP contribution in [0.15, 0.2) is 0 Å². The number of hydrogen-bond acceptors (Lipinski definition) is 3. The summed E-state index contributed by atoms with van der Waals surface area (Å²) in [5, 5.41) is 9.35. The molecule has 0 aromatic carbocycles. The van der Waals surface area contributed by atoms with Crippen LogP contribution in [0.3, 0.4) is 0 Å². The van der Waals surface area contributed by atoms with Crippen LogP contribution in [0.4, 0.5) is 0 Å². The van der Waals surface area contributed by atoms with Gasteiger partial charge in [0.2, 0.25) is 5.91 Å². The van der Waals surface area contributed by atoms with Gasteiger partial charge in [0.05, 0.1) is 6.04 Å². The van der Waals surface area contributed by atoms with E-state index in [4.69, 9.17) is 5.73 Å². The monoisotopic (exact) mass is 214 g/mol. The third-order valence-electron chi connectivity index (χ3n) is 3.61. The molecule has 0 radical (unpaired) electrons. The van der Waals surface area contributed by atoms with Crippen molar-refractivity contribution in [3.05, 3.63) is 0 Å². The predicted octanol–water partition coefficient (Wildman–Crippen LogP) is 0.345. The van der Waals surface area contributed by atoms with Crippen molar-refractivity contribution in [1.29, 1.82) is 0 Å². The standard InChI is InChI=1S/C11H22N2O2/c1-3-11(8-14)4-6-13(7-5-11)10(15)9(2)12/h9,14H,3-8,12H2,1-2H3. The Balaban J connectivity index is 2.52. The van der Waals surface area contributed by atoms with Gasteiger partial charge < -0.3 is 15.7 Å². The molecule has 1 aliphatic rings. The Hall–Kier alpha value is -0.610. The Morgan fingerprint density at radius 3 is 2.40 bits per heavy atom. The zero-order chi connectivity index (χ0) is 11.5. The van der Waals surface area contributed by atoms with Crippen molar-refractivity contribution in [2.45, 2.75) is 39.2 Å². The van der Waals surface area contributed by atoms with Crippen LogP contribution in [0.25, 0.3) is 0 Å². The minimum absolute atomic E-state index is 0.0256. The van der Waals surface area contributed by atoms with Gasteiger partial charge in [-0.3, -0.25) is 4.79 Å². The molecule has 4 nitrogen and oxygen atoms in total. The summed E-state index contributed by atoms with van der Waals surface area (Å²) in [5.74, 6) is 0.0256. The SMILES string of the molecule is CCC1(CO)CCN(C(=O)C(C)N)CC1. The normalized spacial score (nSPS) is 22.5. The molecule has 1 unspecified atom stereocenters. The average molecular weight is 214 g/mol. The number of likely N-dealkylation sites (tertiary alicyclic amines) is 1. The topological polar surface area (TPSA) is 66.6 Å². The third-order valence-corrected chi connectivity index (χ3v) is 3.61. The molecule has 88 valence electrons. The van der Waals surface area contributed by atoms with E-state index < -0.39 is 6.04 Å². The molecular weight excluding hydrogens is 192 g/mol. The minimum atomic E-state index is -0.409. The first-order chi connectivity index (χ1) is 7.04. The number of carbonyl (C=O) groups is 1. The lowest BCUT2D eigenvalue weighted by Gasteiger charge is -2.40. The number of hydrogen-bond donors (Lipinski definition) is 2. The number of nitrogens with two attached hydrogens (primary N) is 1. The van der Waals surface area contributed by atoms with Gasteiger partial charge in [-0.1, -0.05) is 6.92 Å². The summed E-state index contributed by atoms with van der Waals surface area (Å²) in [5.41, 5.74) is 5.60. The fourth-order valence-electron chi connectivity index (χ4n) is 2.11. The van der Waals surface area contributed by atoms with E-state index in [1.165, 1.54) is 0 Å². The van der Waals surface area contributed by atoms with Crippen LogP contribution in [0.5, 0.6) is 0 Å². The van der Waals surface area contributed by atoms with E-state index in [2.05, 4.69) is 6.92 Å². The molecule has 0 aromatic rings. The molecular formula is C11H22N2O2. The van der Waals surface area contributed by atoms with Crippen LogP contribution in [0, 0.1) is 5.41 Å². The van der Waals surface area contributed by atoms with Gasteiger partial charge in [0, 0.05) is 19.7 Å². The van der Waals surface area contributed by atoms with Crippen molar-refractivity contribution < 1.29 is 9.90 Å². The Morgan fingerprint density at radius 2 is 2.07 bits per heavy atom. The Labute approximate surface area is 91.4 Å². The first kappa shape index (κ1) is 12.5.